The van der Waals surface area contributed by atoms with Crippen molar-refractivity contribution in [2.75, 3.05) is 0 Å². The zero-order valence-electron chi connectivity index (χ0n) is 18.7. The highest BCUT2D eigenvalue weighted by molar-refractivity contribution is 6.31. The normalized spacial score (nSPS) is 14.9. The van der Waals surface area contributed by atoms with Crippen LogP contribution in [-0.2, 0) is 0 Å². The molecule has 0 saturated carbocycles. The Balaban J connectivity index is 1.52. The number of furan rings is 1. The first-order valence-electron chi connectivity index (χ1n) is 10.7. The number of nitriles is 1. The van der Waals surface area contributed by atoms with Gasteiger partial charge < -0.3 is 19.6 Å². The van der Waals surface area contributed by atoms with E-state index in [9.17, 15) is 14.4 Å². The molecular formula is C27H18ClFN2O4. The molecule has 1 aromatic heterocycles. The number of aryl methyl sites for hydroxylation is 2. The number of halogens is 2. The Kier molecular flexibility index (Phi) is 5.46. The molecule has 2 heterocycles. The van der Waals surface area contributed by atoms with E-state index >= 15 is 0 Å². The number of esters is 1. The van der Waals surface area contributed by atoms with Gasteiger partial charge in [-0.05, 0) is 43.7 Å². The number of rotatable bonds is 3. The van der Waals surface area contributed by atoms with Crippen LogP contribution in [0, 0.1) is 31.0 Å². The highest BCUT2D eigenvalue weighted by Gasteiger charge is 2.34. The first kappa shape index (κ1) is 22.5. The molecule has 1 aliphatic heterocycles. The van der Waals surface area contributed by atoms with Gasteiger partial charge in [-0.1, -0.05) is 35.9 Å². The molecule has 0 aliphatic carbocycles. The van der Waals surface area contributed by atoms with Crippen LogP contribution in [0.2, 0.25) is 5.02 Å². The van der Waals surface area contributed by atoms with Crippen LogP contribution in [0.5, 0.6) is 11.5 Å². The average molecular weight is 489 g/mol. The molecule has 0 bridgehead atoms. The first-order valence-corrected chi connectivity index (χ1v) is 11.0. The Bertz CT molecular complexity index is 1580. The van der Waals surface area contributed by atoms with Crippen molar-refractivity contribution in [1.82, 2.24) is 0 Å². The van der Waals surface area contributed by atoms with Crippen molar-refractivity contribution in [2.24, 2.45) is 5.73 Å². The van der Waals surface area contributed by atoms with Crippen LogP contribution in [0.1, 0.15) is 38.7 Å². The van der Waals surface area contributed by atoms with Gasteiger partial charge in [0, 0.05) is 33.2 Å². The van der Waals surface area contributed by atoms with Gasteiger partial charge in [0.2, 0.25) is 11.6 Å². The van der Waals surface area contributed by atoms with Crippen LogP contribution < -0.4 is 15.2 Å². The van der Waals surface area contributed by atoms with Crippen molar-refractivity contribution in [3.63, 3.8) is 0 Å². The Morgan fingerprint density at radius 1 is 1.17 bits per heavy atom. The van der Waals surface area contributed by atoms with Crippen LogP contribution in [-0.4, -0.2) is 5.97 Å². The van der Waals surface area contributed by atoms with Gasteiger partial charge in [0.25, 0.3) is 0 Å². The summed E-state index contributed by atoms with van der Waals surface area (Å²) in [7, 11) is 0. The monoisotopic (exact) mass is 488 g/mol. The summed E-state index contributed by atoms with van der Waals surface area (Å²) in [6.07, 6.45) is 0. The number of hydrogen-bond acceptors (Lipinski definition) is 6. The summed E-state index contributed by atoms with van der Waals surface area (Å²) < 4.78 is 31.7. The maximum absolute atomic E-state index is 14.8. The third-order valence-corrected chi connectivity index (χ3v) is 6.30. The highest BCUT2D eigenvalue weighted by atomic mass is 35.5. The van der Waals surface area contributed by atoms with E-state index in [1.807, 2.05) is 31.2 Å². The van der Waals surface area contributed by atoms with E-state index in [1.54, 1.807) is 13.0 Å². The molecule has 0 radical (unpaired) electrons. The number of benzene rings is 3. The molecule has 8 heteroatoms. The van der Waals surface area contributed by atoms with Crippen molar-refractivity contribution in [2.45, 2.75) is 19.8 Å². The quantitative estimate of drug-likeness (QED) is 0.269. The number of nitrogens with zero attached hydrogens (tertiary/aromatic N) is 1. The number of hydrogen-bond donors (Lipinski definition) is 1. The molecule has 0 spiro atoms. The third-order valence-electron chi connectivity index (χ3n) is 5.97. The van der Waals surface area contributed by atoms with Crippen LogP contribution in [0.4, 0.5) is 4.39 Å². The molecule has 0 saturated heterocycles. The summed E-state index contributed by atoms with van der Waals surface area (Å²) in [6.45, 7) is 3.72. The zero-order chi connectivity index (χ0) is 24.9. The second kappa shape index (κ2) is 8.49. The molecule has 5 rings (SSSR count). The minimum atomic E-state index is -0.886. The zero-order valence-corrected chi connectivity index (χ0v) is 19.4. The predicted molar refractivity (Wildman–Crippen MR) is 128 cm³/mol. The molecule has 1 unspecified atom stereocenters. The lowest BCUT2D eigenvalue weighted by Gasteiger charge is -2.27. The summed E-state index contributed by atoms with van der Waals surface area (Å²) in [5.74, 6) is -1.86. The van der Waals surface area contributed by atoms with Crippen molar-refractivity contribution >= 4 is 28.5 Å². The number of fused-ring (bicyclic) bond motifs is 2. The number of nitrogens with two attached hydrogens (primary N) is 1. The van der Waals surface area contributed by atoms with Gasteiger partial charge in [-0.2, -0.15) is 5.26 Å². The van der Waals surface area contributed by atoms with Gasteiger partial charge in [0.15, 0.2) is 0 Å². The van der Waals surface area contributed by atoms with E-state index in [0.29, 0.717) is 16.7 Å². The molecule has 35 heavy (non-hydrogen) atoms. The van der Waals surface area contributed by atoms with Crippen LogP contribution in [0.3, 0.4) is 0 Å². The van der Waals surface area contributed by atoms with Crippen LogP contribution in [0.15, 0.2) is 70.5 Å². The summed E-state index contributed by atoms with van der Waals surface area (Å²) in [4.78, 5) is 12.9. The molecule has 2 N–H and O–H groups in total. The van der Waals surface area contributed by atoms with Crippen LogP contribution in [0.25, 0.3) is 11.0 Å². The maximum atomic E-state index is 14.8. The molecule has 174 valence electrons. The fraction of sp³-hybridized carbons (Fsp3) is 0.111. The van der Waals surface area contributed by atoms with Crippen molar-refractivity contribution in [1.29, 1.82) is 5.26 Å². The number of ether oxygens (including phenoxy) is 2. The average Bonchev–Trinajstić information content (AvgIpc) is 3.14. The second-order valence-electron chi connectivity index (χ2n) is 8.21. The lowest BCUT2D eigenvalue weighted by atomic mass is 9.83. The predicted octanol–water partition coefficient (Wildman–Crippen LogP) is 6.28. The van der Waals surface area contributed by atoms with Gasteiger partial charge in [-0.25, -0.2) is 9.18 Å². The minimum Gasteiger partial charge on any atom is -0.449 e. The van der Waals surface area contributed by atoms with E-state index in [2.05, 4.69) is 0 Å². The third kappa shape index (κ3) is 3.78. The van der Waals surface area contributed by atoms with E-state index < -0.39 is 17.7 Å². The largest absolute Gasteiger partial charge is 0.449 e. The maximum Gasteiger partial charge on any atom is 0.379 e. The lowest BCUT2D eigenvalue weighted by molar-refractivity contribution is 0.0702. The fourth-order valence-corrected chi connectivity index (χ4v) is 4.54. The lowest BCUT2D eigenvalue weighted by Crippen LogP contribution is -2.22. The number of allylic oxidation sites excluding steroid dienone is 1. The van der Waals surface area contributed by atoms with E-state index in [0.717, 1.165) is 10.9 Å². The van der Waals surface area contributed by atoms with E-state index in [-0.39, 0.29) is 39.3 Å². The molecule has 1 atom stereocenters. The number of carbonyl (C=O) groups is 1. The molecule has 6 nitrogen and oxygen atoms in total. The first-order chi connectivity index (χ1) is 16.8. The standard InChI is InChI=1S/C27H18ClFN2O4/c1-13-6-8-16-14(2)25(34-21(16)10-13)27(32)33-15-7-9-17-22(11-15)35-26(31)18(12-30)23(17)24-19(28)4-3-5-20(24)29/h3-11,23H,31H2,1-2H3. The Labute approximate surface area is 204 Å². The Morgan fingerprint density at radius 2 is 1.97 bits per heavy atom. The molecule has 1 aliphatic rings. The second-order valence-corrected chi connectivity index (χ2v) is 8.61. The smallest absolute Gasteiger partial charge is 0.379 e. The van der Waals surface area contributed by atoms with E-state index in [4.69, 9.17) is 31.2 Å². The van der Waals surface area contributed by atoms with Gasteiger partial charge >= 0.3 is 5.97 Å². The Morgan fingerprint density at radius 3 is 2.71 bits per heavy atom. The van der Waals surface area contributed by atoms with Crippen LogP contribution >= 0.6 is 11.6 Å². The van der Waals surface area contributed by atoms with Crippen molar-refractivity contribution < 1.29 is 23.1 Å². The molecular weight excluding hydrogens is 471 g/mol. The van der Waals surface area contributed by atoms with Crippen molar-refractivity contribution in [3.8, 4) is 17.6 Å². The Hall–Kier alpha value is -4.28. The number of carbonyl (C=O) groups excluding carboxylic acids is 1. The summed E-state index contributed by atoms with van der Waals surface area (Å²) in [5, 5.41) is 10.7. The van der Waals surface area contributed by atoms with Crippen molar-refractivity contribution in [3.05, 3.63) is 105 Å². The minimum absolute atomic E-state index is 0.0300. The molecule has 0 amide bonds. The topological polar surface area (TPSA) is 98.5 Å². The highest BCUT2D eigenvalue weighted by Crippen LogP contribution is 2.46. The molecule has 0 fully saturated rings. The SMILES string of the molecule is Cc1ccc2c(C)c(C(=O)Oc3ccc4c(c3)OC(N)=C(C#N)C4c3c(F)cccc3Cl)oc2c1. The van der Waals surface area contributed by atoms with Gasteiger partial charge in [0.1, 0.15) is 34.5 Å². The molecule has 3 aromatic carbocycles. The van der Waals surface area contributed by atoms with E-state index in [1.165, 1.54) is 30.3 Å². The summed E-state index contributed by atoms with van der Waals surface area (Å²) >= 11 is 6.29. The van der Waals surface area contributed by atoms with Gasteiger partial charge in [-0.15, -0.1) is 0 Å². The van der Waals surface area contributed by atoms with Gasteiger partial charge in [0.05, 0.1) is 5.92 Å². The molecule has 4 aromatic rings. The fourth-order valence-electron chi connectivity index (χ4n) is 4.26. The van der Waals surface area contributed by atoms with Gasteiger partial charge in [-0.3, -0.25) is 0 Å². The summed E-state index contributed by atoms with van der Waals surface area (Å²) in [5.41, 5.74) is 8.85. The summed E-state index contributed by atoms with van der Waals surface area (Å²) in [6, 6.07) is 16.5.